The highest BCUT2D eigenvalue weighted by molar-refractivity contribution is 5.41. The van der Waals surface area contributed by atoms with E-state index in [1.54, 1.807) is 12.5 Å². The maximum Gasteiger partial charge on any atom is 0.387 e. The van der Waals surface area contributed by atoms with Crippen LogP contribution in [0.2, 0.25) is 0 Å². The van der Waals surface area contributed by atoms with Gasteiger partial charge in [-0.05, 0) is 30.7 Å². The molecule has 29 heavy (non-hydrogen) atoms. The molecule has 1 aromatic heterocycles. The number of nitrogens with zero attached hydrogens (tertiary/aromatic N) is 2. The van der Waals surface area contributed by atoms with E-state index in [2.05, 4.69) is 19.8 Å². The second kappa shape index (κ2) is 9.42. The van der Waals surface area contributed by atoms with Gasteiger partial charge >= 0.3 is 13.2 Å². The summed E-state index contributed by atoms with van der Waals surface area (Å²) < 4.78 is 60.6. The highest BCUT2D eigenvalue weighted by Gasteiger charge is 2.14. The second-order valence-electron chi connectivity index (χ2n) is 6.19. The van der Waals surface area contributed by atoms with Gasteiger partial charge in [0.1, 0.15) is 11.5 Å². The number of imidazole rings is 1. The third kappa shape index (κ3) is 5.71. The van der Waals surface area contributed by atoms with Crippen molar-refractivity contribution in [2.75, 3.05) is 0 Å². The summed E-state index contributed by atoms with van der Waals surface area (Å²) in [6, 6.07) is 11.4. The number of rotatable bonds is 9. The van der Waals surface area contributed by atoms with Crippen molar-refractivity contribution in [2.24, 2.45) is 0 Å². The smallest absolute Gasteiger partial charge is 0.387 e. The Hall–Kier alpha value is -3.07. The van der Waals surface area contributed by atoms with Gasteiger partial charge in [-0.25, -0.2) is 4.98 Å². The number of hydrogen-bond acceptors (Lipinski definition) is 4. The molecule has 154 valence electrons. The zero-order valence-electron chi connectivity index (χ0n) is 15.4. The van der Waals surface area contributed by atoms with Gasteiger partial charge in [0.2, 0.25) is 0 Å². The molecule has 0 radical (unpaired) electrons. The number of halogens is 4. The van der Waals surface area contributed by atoms with Crippen LogP contribution in [0.1, 0.15) is 24.1 Å². The minimum Gasteiger partial charge on any atom is -0.435 e. The molecule has 0 unspecified atom stereocenters. The largest absolute Gasteiger partial charge is 0.435 e. The van der Waals surface area contributed by atoms with E-state index < -0.39 is 13.2 Å². The van der Waals surface area contributed by atoms with E-state index in [9.17, 15) is 17.6 Å². The van der Waals surface area contributed by atoms with Gasteiger partial charge in [-0.3, -0.25) is 0 Å². The second-order valence-corrected chi connectivity index (χ2v) is 6.19. The van der Waals surface area contributed by atoms with Crippen LogP contribution in [-0.4, -0.2) is 22.8 Å². The Morgan fingerprint density at radius 1 is 1.00 bits per heavy atom. The first-order chi connectivity index (χ1) is 13.9. The first-order valence-electron chi connectivity index (χ1n) is 8.76. The Morgan fingerprint density at radius 2 is 1.72 bits per heavy atom. The molecule has 3 aromatic rings. The molecule has 9 heteroatoms. The van der Waals surface area contributed by atoms with Gasteiger partial charge in [-0.15, -0.1) is 0 Å². The first-order valence-corrected chi connectivity index (χ1v) is 8.76. The third-order valence-corrected chi connectivity index (χ3v) is 4.27. The van der Waals surface area contributed by atoms with Crippen molar-refractivity contribution < 1.29 is 27.0 Å². The van der Waals surface area contributed by atoms with Gasteiger partial charge in [-0.2, -0.15) is 17.6 Å². The van der Waals surface area contributed by atoms with E-state index in [0.29, 0.717) is 5.56 Å². The lowest BCUT2D eigenvalue weighted by molar-refractivity contribution is -0.0547. The molecular formula is C20H19F4N3O2. The zero-order valence-corrected chi connectivity index (χ0v) is 15.4. The van der Waals surface area contributed by atoms with Crippen molar-refractivity contribution in [3.8, 4) is 17.2 Å². The van der Waals surface area contributed by atoms with Crippen LogP contribution in [0, 0.1) is 0 Å². The Labute approximate surface area is 164 Å². The molecule has 0 aliphatic rings. The van der Waals surface area contributed by atoms with Crippen molar-refractivity contribution in [1.82, 2.24) is 14.9 Å². The average Bonchev–Trinajstić information content (AvgIpc) is 3.21. The number of nitrogens with one attached hydrogen (secondary N) is 1. The lowest BCUT2D eigenvalue weighted by Crippen LogP contribution is -2.19. The topological polar surface area (TPSA) is 48.3 Å². The standard InChI is InChI=1S/C20H19F4N3O2/c1-13(14-2-5-16(6-3-14)27-9-8-25-12-27)26-11-15-4-7-17(28-19(21)22)10-18(15)29-20(23)24/h2-10,12-13,19-20,26H,11H2,1H3/t13-/m1/s1. The summed E-state index contributed by atoms with van der Waals surface area (Å²) in [5.41, 5.74) is 2.34. The SMILES string of the molecule is C[C@@H](NCc1ccc(OC(F)F)cc1OC(F)F)c1ccc(-n2ccnc2)cc1. The van der Waals surface area contributed by atoms with Crippen molar-refractivity contribution in [3.63, 3.8) is 0 Å². The van der Waals surface area contributed by atoms with E-state index in [0.717, 1.165) is 17.3 Å². The van der Waals surface area contributed by atoms with Gasteiger partial charge in [0.15, 0.2) is 0 Å². The molecule has 0 amide bonds. The van der Waals surface area contributed by atoms with Gasteiger partial charge in [-0.1, -0.05) is 18.2 Å². The maximum atomic E-state index is 12.7. The highest BCUT2D eigenvalue weighted by atomic mass is 19.3. The summed E-state index contributed by atoms with van der Waals surface area (Å²) >= 11 is 0. The van der Waals surface area contributed by atoms with Crippen LogP contribution in [0.5, 0.6) is 11.5 Å². The van der Waals surface area contributed by atoms with Gasteiger partial charge < -0.3 is 19.4 Å². The number of benzene rings is 2. The molecule has 0 spiro atoms. The summed E-state index contributed by atoms with van der Waals surface area (Å²) in [5, 5.41) is 3.21. The van der Waals surface area contributed by atoms with Crippen LogP contribution in [0.4, 0.5) is 17.6 Å². The van der Waals surface area contributed by atoms with E-state index in [1.807, 2.05) is 42.0 Å². The quantitative estimate of drug-likeness (QED) is 0.510. The number of alkyl halides is 4. The van der Waals surface area contributed by atoms with E-state index in [4.69, 9.17) is 0 Å². The minimum absolute atomic E-state index is 0.0942. The van der Waals surface area contributed by atoms with E-state index in [1.165, 1.54) is 12.1 Å². The molecule has 1 heterocycles. The summed E-state index contributed by atoms with van der Waals surface area (Å²) in [6.07, 6.45) is 5.22. The van der Waals surface area contributed by atoms with Crippen LogP contribution < -0.4 is 14.8 Å². The molecule has 0 fully saturated rings. The van der Waals surface area contributed by atoms with E-state index >= 15 is 0 Å². The molecule has 5 nitrogen and oxygen atoms in total. The fourth-order valence-corrected chi connectivity index (χ4v) is 2.79. The lowest BCUT2D eigenvalue weighted by Gasteiger charge is -2.17. The monoisotopic (exact) mass is 409 g/mol. The summed E-state index contributed by atoms with van der Waals surface area (Å²) in [7, 11) is 0. The van der Waals surface area contributed by atoms with Crippen molar-refractivity contribution in [1.29, 1.82) is 0 Å². The Kier molecular flexibility index (Phi) is 6.71. The van der Waals surface area contributed by atoms with Crippen LogP contribution >= 0.6 is 0 Å². The van der Waals surface area contributed by atoms with Crippen LogP contribution in [-0.2, 0) is 6.54 Å². The molecule has 3 rings (SSSR count). The Bertz CT molecular complexity index is 903. The van der Waals surface area contributed by atoms with Crippen molar-refractivity contribution in [2.45, 2.75) is 32.7 Å². The molecule has 0 saturated carbocycles. The molecule has 0 saturated heterocycles. The minimum atomic E-state index is -3.08. The summed E-state index contributed by atoms with van der Waals surface area (Å²) in [6.45, 7) is -4.01. The Morgan fingerprint density at radius 3 is 2.34 bits per heavy atom. The molecule has 1 N–H and O–H groups in total. The summed E-state index contributed by atoms with van der Waals surface area (Å²) in [4.78, 5) is 4.00. The molecule has 0 bridgehead atoms. The normalized spacial score (nSPS) is 12.4. The molecule has 0 aliphatic heterocycles. The molecule has 2 aromatic carbocycles. The van der Waals surface area contributed by atoms with Gasteiger partial charge in [0.25, 0.3) is 0 Å². The maximum absolute atomic E-state index is 12.7. The highest BCUT2D eigenvalue weighted by Crippen LogP contribution is 2.28. The molecule has 0 aliphatic carbocycles. The fraction of sp³-hybridized carbons (Fsp3) is 0.250. The number of aromatic nitrogens is 2. The van der Waals surface area contributed by atoms with Crippen LogP contribution in [0.15, 0.2) is 61.2 Å². The Balaban J connectivity index is 1.67. The average molecular weight is 409 g/mol. The van der Waals surface area contributed by atoms with Crippen LogP contribution in [0.25, 0.3) is 5.69 Å². The predicted molar refractivity (Wildman–Crippen MR) is 98.5 cm³/mol. The first kappa shape index (κ1) is 20.7. The van der Waals surface area contributed by atoms with Crippen molar-refractivity contribution >= 4 is 0 Å². The summed E-state index contributed by atoms with van der Waals surface area (Å²) in [5.74, 6) is -0.462. The molecule has 1 atom stereocenters. The zero-order chi connectivity index (χ0) is 20.8. The van der Waals surface area contributed by atoms with Crippen LogP contribution in [0.3, 0.4) is 0 Å². The molecular weight excluding hydrogens is 390 g/mol. The lowest BCUT2D eigenvalue weighted by atomic mass is 10.1. The van der Waals surface area contributed by atoms with Gasteiger partial charge in [0.05, 0.1) is 6.33 Å². The fourth-order valence-electron chi connectivity index (χ4n) is 2.79. The predicted octanol–water partition coefficient (Wildman–Crippen LogP) is 4.93. The number of ether oxygens (including phenoxy) is 2. The number of hydrogen-bond donors (Lipinski definition) is 1. The third-order valence-electron chi connectivity index (χ3n) is 4.27. The van der Waals surface area contributed by atoms with Crippen molar-refractivity contribution in [3.05, 3.63) is 72.3 Å². The van der Waals surface area contributed by atoms with E-state index in [-0.39, 0.29) is 24.1 Å². The van der Waals surface area contributed by atoms with Gasteiger partial charge in [0, 0.05) is 42.3 Å².